The molecule has 5 rings (SSSR count). The first-order valence-corrected chi connectivity index (χ1v) is 9.09. The van der Waals surface area contributed by atoms with E-state index >= 15 is 0 Å². The summed E-state index contributed by atoms with van der Waals surface area (Å²) < 4.78 is 11.1. The van der Waals surface area contributed by atoms with Crippen molar-refractivity contribution in [3.05, 3.63) is 78.1 Å². The van der Waals surface area contributed by atoms with E-state index in [0.29, 0.717) is 18.7 Å². The molecule has 1 atom stereocenters. The van der Waals surface area contributed by atoms with E-state index in [1.165, 1.54) is 5.56 Å². The summed E-state index contributed by atoms with van der Waals surface area (Å²) in [6, 6.07) is 15.4. The second-order valence-electron chi connectivity index (χ2n) is 6.80. The number of nitrogens with zero attached hydrogens (tertiary/aromatic N) is 3. The van der Waals surface area contributed by atoms with E-state index in [0.717, 1.165) is 30.1 Å². The molecule has 0 fully saturated rings. The minimum Gasteiger partial charge on any atom is -0.467 e. The van der Waals surface area contributed by atoms with Gasteiger partial charge in [0, 0.05) is 18.7 Å². The number of hydrogen-bond donors (Lipinski definition) is 0. The molecule has 1 aromatic carbocycles. The molecule has 0 saturated heterocycles. The predicted molar refractivity (Wildman–Crippen MR) is 101 cm³/mol. The fraction of sp³-hybridized carbons (Fsp3) is 0.238. The molecule has 0 spiro atoms. The average molecular weight is 361 g/mol. The third-order valence-corrected chi connectivity index (χ3v) is 5.15. The highest BCUT2D eigenvalue weighted by Crippen LogP contribution is 2.34. The molecule has 0 bridgehead atoms. The topological polar surface area (TPSA) is 62.2 Å². The van der Waals surface area contributed by atoms with Crippen LogP contribution in [0.3, 0.4) is 0 Å². The quantitative estimate of drug-likeness (QED) is 0.712. The number of benzene rings is 1. The smallest absolute Gasteiger partial charge is 0.262 e. The molecule has 1 amide bonds. The molecule has 3 aromatic rings. The van der Waals surface area contributed by atoms with E-state index in [-0.39, 0.29) is 11.9 Å². The standard InChI is InChI=1S/C21H19N3O3/c25-21(14-23-10-9-15-5-1-2-6-17(15)23)24-18(20-8-4-12-27-20)13-16(22-24)19-7-3-11-26-19/h1-8,11-12,18H,9-10,13-14H2. The van der Waals surface area contributed by atoms with Crippen LogP contribution in [0.1, 0.15) is 29.5 Å². The first kappa shape index (κ1) is 15.9. The summed E-state index contributed by atoms with van der Waals surface area (Å²) in [5.74, 6) is 1.37. The van der Waals surface area contributed by atoms with Gasteiger partial charge < -0.3 is 13.7 Å². The van der Waals surface area contributed by atoms with Crippen LogP contribution in [0.25, 0.3) is 0 Å². The maximum absolute atomic E-state index is 13.1. The summed E-state index contributed by atoms with van der Waals surface area (Å²) in [7, 11) is 0. The number of hydrazone groups is 1. The lowest BCUT2D eigenvalue weighted by molar-refractivity contribution is -0.131. The van der Waals surface area contributed by atoms with Gasteiger partial charge in [-0.05, 0) is 42.3 Å². The Morgan fingerprint density at radius 3 is 2.74 bits per heavy atom. The van der Waals surface area contributed by atoms with Crippen molar-refractivity contribution in [3.8, 4) is 0 Å². The number of fused-ring (bicyclic) bond motifs is 1. The van der Waals surface area contributed by atoms with Crippen LogP contribution in [0.2, 0.25) is 0 Å². The van der Waals surface area contributed by atoms with Crippen LogP contribution < -0.4 is 4.90 Å². The highest BCUT2D eigenvalue weighted by molar-refractivity contribution is 6.01. The Kier molecular flexibility index (Phi) is 3.81. The molecule has 6 heteroatoms. The molecule has 6 nitrogen and oxygen atoms in total. The van der Waals surface area contributed by atoms with Gasteiger partial charge in [0.25, 0.3) is 5.91 Å². The van der Waals surface area contributed by atoms with Gasteiger partial charge in [-0.25, -0.2) is 5.01 Å². The first-order valence-electron chi connectivity index (χ1n) is 9.09. The number of carbonyl (C=O) groups excluding carboxylic acids is 1. The van der Waals surface area contributed by atoms with Gasteiger partial charge >= 0.3 is 0 Å². The SMILES string of the molecule is O=C(CN1CCc2ccccc21)N1N=C(c2ccco2)CC1c1ccco1. The maximum Gasteiger partial charge on any atom is 0.262 e. The van der Waals surface area contributed by atoms with Gasteiger partial charge in [0.2, 0.25) is 0 Å². The van der Waals surface area contributed by atoms with Crippen molar-refractivity contribution in [2.24, 2.45) is 5.10 Å². The molecule has 2 aromatic heterocycles. The number of anilines is 1. The van der Waals surface area contributed by atoms with Crippen molar-refractivity contribution >= 4 is 17.3 Å². The highest BCUT2D eigenvalue weighted by atomic mass is 16.3. The Morgan fingerprint density at radius 2 is 1.93 bits per heavy atom. The zero-order chi connectivity index (χ0) is 18.2. The van der Waals surface area contributed by atoms with Crippen molar-refractivity contribution < 1.29 is 13.6 Å². The molecular formula is C21H19N3O3. The van der Waals surface area contributed by atoms with Crippen molar-refractivity contribution in [1.82, 2.24) is 5.01 Å². The lowest BCUT2D eigenvalue weighted by Crippen LogP contribution is -2.37. The first-order chi connectivity index (χ1) is 13.3. The van der Waals surface area contributed by atoms with Gasteiger partial charge in [-0.1, -0.05) is 18.2 Å². The molecule has 2 aliphatic heterocycles. The van der Waals surface area contributed by atoms with Gasteiger partial charge in [-0.15, -0.1) is 0 Å². The average Bonchev–Trinajstić information content (AvgIpc) is 3.47. The third-order valence-electron chi connectivity index (χ3n) is 5.15. The largest absolute Gasteiger partial charge is 0.467 e. The van der Waals surface area contributed by atoms with Gasteiger partial charge in [0.05, 0.1) is 19.1 Å². The predicted octanol–water partition coefficient (Wildman–Crippen LogP) is 3.61. The Hall–Kier alpha value is -3.28. The van der Waals surface area contributed by atoms with Crippen LogP contribution in [-0.2, 0) is 11.2 Å². The van der Waals surface area contributed by atoms with Crippen molar-refractivity contribution in [2.75, 3.05) is 18.0 Å². The molecule has 0 N–H and O–H groups in total. The van der Waals surface area contributed by atoms with Crippen LogP contribution in [0.4, 0.5) is 5.69 Å². The summed E-state index contributed by atoms with van der Waals surface area (Å²) >= 11 is 0. The van der Waals surface area contributed by atoms with Crippen molar-refractivity contribution in [2.45, 2.75) is 18.9 Å². The fourth-order valence-corrected chi connectivity index (χ4v) is 3.84. The minimum atomic E-state index is -0.245. The zero-order valence-corrected chi connectivity index (χ0v) is 14.7. The third kappa shape index (κ3) is 2.83. The normalized spacial score (nSPS) is 18.7. The van der Waals surface area contributed by atoms with Gasteiger partial charge in [-0.2, -0.15) is 5.10 Å². The molecule has 0 saturated carbocycles. The minimum absolute atomic E-state index is 0.0466. The highest BCUT2D eigenvalue weighted by Gasteiger charge is 2.36. The van der Waals surface area contributed by atoms with E-state index in [2.05, 4.69) is 22.1 Å². The number of amides is 1. The monoisotopic (exact) mass is 361 g/mol. The molecule has 136 valence electrons. The Labute approximate surface area is 156 Å². The van der Waals surface area contributed by atoms with E-state index in [4.69, 9.17) is 8.83 Å². The van der Waals surface area contributed by atoms with E-state index in [1.54, 1.807) is 17.5 Å². The van der Waals surface area contributed by atoms with Crippen LogP contribution >= 0.6 is 0 Å². The van der Waals surface area contributed by atoms with Crippen LogP contribution in [0.5, 0.6) is 0 Å². The second-order valence-corrected chi connectivity index (χ2v) is 6.80. The second kappa shape index (κ2) is 6.46. The molecule has 4 heterocycles. The Balaban J connectivity index is 1.41. The summed E-state index contributed by atoms with van der Waals surface area (Å²) in [6.45, 7) is 1.14. The lowest BCUT2D eigenvalue weighted by atomic mass is 10.1. The Bertz CT molecular complexity index is 976. The Morgan fingerprint density at radius 1 is 1.07 bits per heavy atom. The van der Waals surface area contributed by atoms with Crippen LogP contribution in [0, 0.1) is 0 Å². The molecular weight excluding hydrogens is 342 g/mol. The van der Waals surface area contributed by atoms with Gasteiger partial charge in [0.1, 0.15) is 23.3 Å². The number of hydrogen-bond acceptors (Lipinski definition) is 5. The van der Waals surface area contributed by atoms with E-state index in [1.807, 2.05) is 36.4 Å². The molecule has 27 heavy (non-hydrogen) atoms. The van der Waals surface area contributed by atoms with Crippen LogP contribution in [0.15, 0.2) is 75.0 Å². The maximum atomic E-state index is 13.1. The number of rotatable bonds is 4. The van der Waals surface area contributed by atoms with Gasteiger partial charge in [-0.3, -0.25) is 4.79 Å². The summed E-state index contributed by atoms with van der Waals surface area (Å²) in [5, 5.41) is 6.14. The van der Waals surface area contributed by atoms with Crippen LogP contribution in [-0.4, -0.2) is 29.7 Å². The number of furan rings is 2. The zero-order valence-electron chi connectivity index (χ0n) is 14.7. The van der Waals surface area contributed by atoms with E-state index < -0.39 is 0 Å². The van der Waals surface area contributed by atoms with Crippen molar-refractivity contribution in [1.29, 1.82) is 0 Å². The molecule has 0 aliphatic carbocycles. The fourth-order valence-electron chi connectivity index (χ4n) is 3.84. The lowest BCUT2D eigenvalue weighted by Gasteiger charge is -2.24. The molecule has 1 unspecified atom stereocenters. The van der Waals surface area contributed by atoms with Crippen molar-refractivity contribution in [3.63, 3.8) is 0 Å². The molecule has 0 radical (unpaired) electrons. The number of carbonyl (C=O) groups is 1. The summed E-state index contributed by atoms with van der Waals surface area (Å²) in [5.41, 5.74) is 3.18. The molecule has 2 aliphatic rings. The number of para-hydroxylation sites is 1. The summed E-state index contributed by atoms with van der Waals surface area (Å²) in [4.78, 5) is 15.3. The summed E-state index contributed by atoms with van der Waals surface area (Å²) in [6.07, 6.45) is 4.78. The van der Waals surface area contributed by atoms with E-state index in [9.17, 15) is 4.79 Å². The van der Waals surface area contributed by atoms with Gasteiger partial charge in [0.15, 0.2) is 0 Å².